The van der Waals surface area contributed by atoms with Crippen LogP contribution in [0.3, 0.4) is 0 Å². The summed E-state index contributed by atoms with van der Waals surface area (Å²) in [6.07, 6.45) is 2.68. The Labute approximate surface area is 123 Å². The van der Waals surface area contributed by atoms with E-state index in [2.05, 4.69) is 51.0 Å². The molecule has 104 valence electrons. The topological polar surface area (TPSA) is 26.7 Å². The molecule has 2 fully saturated rings. The maximum absolute atomic E-state index is 9.99. The van der Waals surface area contributed by atoms with Crippen molar-refractivity contribution < 1.29 is 5.11 Å². The molecule has 3 rings (SSSR count). The van der Waals surface area contributed by atoms with Crippen LogP contribution in [0.1, 0.15) is 18.4 Å². The highest BCUT2D eigenvalue weighted by molar-refractivity contribution is 9.10. The largest absolute Gasteiger partial charge is 0.390 e. The van der Waals surface area contributed by atoms with Crippen LogP contribution in [0, 0.1) is 0 Å². The lowest BCUT2D eigenvalue weighted by molar-refractivity contribution is 0.151. The van der Waals surface area contributed by atoms with Crippen molar-refractivity contribution in [1.82, 2.24) is 4.90 Å². The number of benzene rings is 1. The average Bonchev–Trinajstić information content (AvgIpc) is 3.08. The first-order valence-corrected chi connectivity index (χ1v) is 7.79. The number of hydrogen-bond acceptors (Lipinski definition) is 3. The van der Waals surface area contributed by atoms with E-state index in [0.29, 0.717) is 0 Å². The van der Waals surface area contributed by atoms with Crippen LogP contribution < -0.4 is 4.90 Å². The van der Waals surface area contributed by atoms with Gasteiger partial charge in [0.25, 0.3) is 0 Å². The minimum atomic E-state index is -0.408. The molecule has 1 aliphatic heterocycles. The summed E-state index contributed by atoms with van der Waals surface area (Å²) in [5, 5.41) is 9.99. The van der Waals surface area contributed by atoms with E-state index in [0.717, 1.165) is 49.9 Å². The zero-order valence-corrected chi connectivity index (χ0v) is 13.0. The third-order valence-electron chi connectivity index (χ3n) is 4.22. The van der Waals surface area contributed by atoms with Gasteiger partial charge in [0, 0.05) is 37.1 Å². The predicted octanol–water partition coefficient (Wildman–Crippen LogP) is 2.27. The van der Waals surface area contributed by atoms with E-state index in [-0.39, 0.29) is 0 Å². The van der Waals surface area contributed by atoms with Crippen molar-refractivity contribution in [2.24, 2.45) is 0 Å². The molecule has 0 unspecified atom stereocenters. The van der Waals surface area contributed by atoms with Crippen LogP contribution in [0.15, 0.2) is 22.7 Å². The SMILES string of the molecule is CN1CCN(c2ccc(CC3(O)CC3)cc2Br)CC1. The van der Waals surface area contributed by atoms with Crippen LogP contribution in [-0.4, -0.2) is 48.8 Å². The molecule has 0 radical (unpaired) electrons. The van der Waals surface area contributed by atoms with Gasteiger partial charge < -0.3 is 14.9 Å². The molecule has 1 aliphatic carbocycles. The molecule has 2 aliphatic rings. The Hall–Kier alpha value is -0.580. The Bertz CT molecular complexity index is 465. The number of rotatable bonds is 3. The smallest absolute Gasteiger partial charge is 0.0690 e. The van der Waals surface area contributed by atoms with Gasteiger partial charge in [0.2, 0.25) is 0 Å². The number of likely N-dealkylation sites (N-methyl/N-ethyl adjacent to an activating group) is 1. The second-order valence-corrected chi connectivity index (χ2v) is 6.83. The van der Waals surface area contributed by atoms with E-state index in [1.807, 2.05) is 0 Å². The molecule has 0 aromatic heterocycles. The zero-order chi connectivity index (χ0) is 13.5. The standard InChI is InChI=1S/C15H21BrN2O/c1-17-6-8-18(9-7-17)14-3-2-12(10-13(14)16)11-15(19)4-5-15/h2-3,10,19H,4-9,11H2,1H3. The summed E-state index contributed by atoms with van der Waals surface area (Å²) >= 11 is 3.69. The first kappa shape index (κ1) is 13.4. The van der Waals surface area contributed by atoms with E-state index in [9.17, 15) is 5.11 Å². The second-order valence-electron chi connectivity index (χ2n) is 5.98. The molecule has 0 spiro atoms. The molecule has 4 heteroatoms. The normalized spacial score (nSPS) is 22.6. The number of aliphatic hydroxyl groups is 1. The van der Waals surface area contributed by atoms with Gasteiger partial charge in [0.15, 0.2) is 0 Å². The Morgan fingerprint density at radius 1 is 1.21 bits per heavy atom. The van der Waals surface area contributed by atoms with Crippen molar-refractivity contribution in [2.45, 2.75) is 24.9 Å². The molecule has 1 aromatic rings. The Balaban J connectivity index is 1.72. The Morgan fingerprint density at radius 3 is 2.47 bits per heavy atom. The van der Waals surface area contributed by atoms with Crippen LogP contribution in [0.2, 0.25) is 0 Å². The third-order valence-corrected chi connectivity index (χ3v) is 4.85. The molecule has 1 heterocycles. The van der Waals surface area contributed by atoms with E-state index in [4.69, 9.17) is 0 Å². The first-order valence-electron chi connectivity index (χ1n) is 7.00. The molecule has 1 saturated carbocycles. The minimum absolute atomic E-state index is 0.408. The molecule has 0 atom stereocenters. The minimum Gasteiger partial charge on any atom is -0.390 e. The Morgan fingerprint density at radius 2 is 1.89 bits per heavy atom. The molecule has 0 bridgehead atoms. The highest BCUT2D eigenvalue weighted by Gasteiger charge is 2.40. The second kappa shape index (κ2) is 5.08. The van der Waals surface area contributed by atoms with Crippen LogP contribution in [0.4, 0.5) is 5.69 Å². The molecule has 0 amide bonds. The molecule has 19 heavy (non-hydrogen) atoms. The molecular weight excluding hydrogens is 304 g/mol. The third kappa shape index (κ3) is 3.12. The summed E-state index contributed by atoms with van der Waals surface area (Å²) in [6, 6.07) is 6.52. The van der Waals surface area contributed by atoms with E-state index in [1.54, 1.807) is 0 Å². The summed E-state index contributed by atoms with van der Waals surface area (Å²) in [4.78, 5) is 4.79. The van der Waals surface area contributed by atoms with E-state index in [1.165, 1.54) is 11.3 Å². The van der Waals surface area contributed by atoms with Gasteiger partial charge in [-0.3, -0.25) is 0 Å². The Kier molecular flexibility index (Phi) is 3.58. The van der Waals surface area contributed by atoms with Crippen molar-refractivity contribution >= 4 is 21.6 Å². The van der Waals surface area contributed by atoms with Gasteiger partial charge in [-0.1, -0.05) is 6.07 Å². The highest BCUT2D eigenvalue weighted by Crippen LogP contribution is 2.39. The van der Waals surface area contributed by atoms with Gasteiger partial charge in [-0.15, -0.1) is 0 Å². The quantitative estimate of drug-likeness (QED) is 0.924. The zero-order valence-electron chi connectivity index (χ0n) is 11.4. The summed E-state index contributed by atoms with van der Waals surface area (Å²) in [7, 11) is 2.17. The lowest BCUT2D eigenvalue weighted by Crippen LogP contribution is -2.44. The summed E-state index contributed by atoms with van der Waals surface area (Å²) in [6.45, 7) is 4.40. The lowest BCUT2D eigenvalue weighted by Gasteiger charge is -2.34. The van der Waals surface area contributed by atoms with Crippen molar-refractivity contribution in [1.29, 1.82) is 0 Å². The van der Waals surface area contributed by atoms with Crippen molar-refractivity contribution in [2.75, 3.05) is 38.1 Å². The maximum atomic E-state index is 9.99. The van der Waals surface area contributed by atoms with Crippen LogP contribution >= 0.6 is 15.9 Å². The van der Waals surface area contributed by atoms with Gasteiger partial charge in [0.05, 0.1) is 11.3 Å². The fourth-order valence-electron chi connectivity index (χ4n) is 2.67. The molecule has 1 saturated heterocycles. The molecular formula is C15H21BrN2O. The average molecular weight is 325 g/mol. The van der Waals surface area contributed by atoms with Gasteiger partial charge >= 0.3 is 0 Å². The number of halogens is 1. The monoisotopic (exact) mass is 324 g/mol. The molecule has 3 nitrogen and oxygen atoms in total. The number of nitrogens with zero attached hydrogens (tertiary/aromatic N) is 2. The fourth-order valence-corrected chi connectivity index (χ4v) is 3.34. The maximum Gasteiger partial charge on any atom is 0.0690 e. The van der Waals surface area contributed by atoms with Crippen molar-refractivity contribution in [3.8, 4) is 0 Å². The van der Waals surface area contributed by atoms with Gasteiger partial charge in [-0.2, -0.15) is 0 Å². The van der Waals surface area contributed by atoms with Crippen molar-refractivity contribution in [3.63, 3.8) is 0 Å². The van der Waals surface area contributed by atoms with E-state index < -0.39 is 5.60 Å². The summed E-state index contributed by atoms with van der Waals surface area (Å²) in [5.41, 5.74) is 2.10. The van der Waals surface area contributed by atoms with Gasteiger partial charge in [-0.05, 0) is 53.5 Å². The van der Waals surface area contributed by atoms with Crippen LogP contribution in [0.5, 0.6) is 0 Å². The first-order chi connectivity index (χ1) is 9.06. The summed E-state index contributed by atoms with van der Waals surface area (Å²) < 4.78 is 1.15. The fraction of sp³-hybridized carbons (Fsp3) is 0.600. The summed E-state index contributed by atoms with van der Waals surface area (Å²) in [5.74, 6) is 0. The van der Waals surface area contributed by atoms with Gasteiger partial charge in [-0.25, -0.2) is 0 Å². The lowest BCUT2D eigenvalue weighted by atomic mass is 10.1. The van der Waals surface area contributed by atoms with Crippen molar-refractivity contribution in [3.05, 3.63) is 28.2 Å². The van der Waals surface area contributed by atoms with E-state index >= 15 is 0 Å². The van der Waals surface area contributed by atoms with Gasteiger partial charge in [0.1, 0.15) is 0 Å². The number of piperazine rings is 1. The molecule has 1 N–H and O–H groups in total. The predicted molar refractivity (Wildman–Crippen MR) is 81.7 cm³/mol. The molecule has 1 aromatic carbocycles. The van der Waals surface area contributed by atoms with Crippen LogP contribution in [0.25, 0.3) is 0 Å². The van der Waals surface area contributed by atoms with Crippen LogP contribution in [-0.2, 0) is 6.42 Å². The highest BCUT2D eigenvalue weighted by atomic mass is 79.9. The number of hydrogen-bond donors (Lipinski definition) is 1. The number of anilines is 1.